The van der Waals surface area contributed by atoms with E-state index in [1.54, 1.807) is 12.1 Å². The van der Waals surface area contributed by atoms with Crippen LogP contribution in [0.4, 0.5) is 11.4 Å². The summed E-state index contributed by atoms with van der Waals surface area (Å²) in [5, 5.41) is 0. The molecule has 1 aromatic rings. The largest absolute Gasteiger partial charge is 0.493 e. The second kappa shape index (κ2) is 3.86. The van der Waals surface area contributed by atoms with Crippen molar-refractivity contribution in [1.82, 2.24) is 0 Å². The molecule has 0 unspecified atom stereocenters. The van der Waals surface area contributed by atoms with E-state index in [-0.39, 0.29) is 0 Å². The lowest BCUT2D eigenvalue weighted by atomic mass is 10.2. The first kappa shape index (κ1) is 9.47. The molecule has 13 heavy (non-hydrogen) atoms. The van der Waals surface area contributed by atoms with Crippen molar-refractivity contribution < 1.29 is 9.47 Å². The molecule has 0 radical (unpaired) electrons. The first-order valence-electron chi connectivity index (χ1n) is 3.71. The minimum absolute atomic E-state index is 0.481. The summed E-state index contributed by atoms with van der Waals surface area (Å²) in [6.45, 7) is 0. The number of hydrogen-bond acceptors (Lipinski definition) is 5. The van der Waals surface area contributed by atoms with Crippen LogP contribution in [0.15, 0.2) is 12.1 Å². The van der Waals surface area contributed by atoms with Crippen LogP contribution in [0.3, 0.4) is 0 Å². The molecular formula is C8H13N3O2. The fraction of sp³-hybridized carbons (Fsp3) is 0.250. The molecule has 0 fully saturated rings. The van der Waals surface area contributed by atoms with Gasteiger partial charge in [-0.2, -0.15) is 0 Å². The predicted molar refractivity (Wildman–Crippen MR) is 51.8 cm³/mol. The van der Waals surface area contributed by atoms with E-state index in [4.69, 9.17) is 21.1 Å². The lowest BCUT2D eigenvalue weighted by Gasteiger charge is -2.11. The zero-order valence-electron chi connectivity index (χ0n) is 7.63. The van der Waals surface area contributed by atoms with Gasteiger partial charge in [-0.25, -0.2) is 0 Å². The topological polar surface area (TPSA) is 82.5 Å². The molecular weight excluding hydrogens is 170 g/mol. The minimum Gasteiger partial charge on any atom is -0.493 e. The molecule has 0 saturated carbocycles. The van der Waals surface area contributed by atoms with E-state index in [9.17, 15) is 0 Å². The van der Waals surface area contributed by atoms with Crippen molar-refractivity contribution in [3.8, 4) is 11.5 Å². The highest BCUT2D eigenvalue weighted by atomic mass is 16.5. The van der Waals surface area contributed by atoms with Gasteiger partial charge in [-0.05, 0) is 6.07 Å². The summed E-state index contributed by atoms with van der Waals surface area (Å²) < 4.78 is 10.1. The van der Waals surface area contributed by atoms with Crippen molar-refractivity contribution in [2.75, 3.05) is 25.4 Å². The molecule has 0 aliphatic heterocycles. The van der Waals surface area contributed by atoms with Crippen molar-refractivity contribution in [2.45, 2.75) is 0 Å². The van der Waals surface area contributed by atoms with Gasteiger partial charge in [0.15, 0.2) is 11.5 Å². The molecule has 0 aliphatic rings. The molecule has 0 spiro atoms. The average molecular weight is 183 g/mol. The molecule has 0 aromatic heterocycles. The van der Waals surface area contributed by atoms with Gasteiger partial charge in [-0.1, -0.05) is 0 Å². The normalized spacial score (nSPS) is 9.46. The number of anilines is 2. The van der Waals surface area contributed by atoms with E-state index in [0.717, 1.165) is 0 Å². The highest BCUT2D eigenvalue weighted by Gasteiger charge is 2.08. The van der Waals surface area contributed by atoms with Crippen LogP contribution in [0.25, 0.3) is 0 Å². The van der Waals surface area contributed by atoms with E-state index in [0.29, 0.717) is 22.9 Å². The molecule has 0 aliphatic carbocycles. The van der Waals surface area contributed by atoms with Crippen LogP contribution in [0.1, 0.15) is 0 Å². The number of nitrogens with one attached hydrogen (secondary N) is 1. The Hall–Kier alpha value is -1.62. The highest BCUT2D eigenvalue weighted by Crippen LogP contribution is 2.35. The molecule has 5 N–H and O–H groups in total. The zero-order valence-corrected chi connectivity index (χ0v) is 7.63. The fourth-order valence-electron chi connectivity index (χ4n) is 1.08. The second-order valence-electron chi connectivity index (χ2n) is 2.45. The van der Waals surface area contributed by atoms with Gasteiger partial charge < -0.3 is 20.6 Å². The molecule has 0 amide bonds. The van der Waals surface area contributed by atoms with Crippen molar-refractivity contribution in [3.05, 3.63) is 12.1 Å². The monoisotopic (exact) mass is 183 g/mol. The Bertz CT molecular complexity index is 302. The zero-order chi connectivity index (χ0) is 9.84. The van der Waals surface area contributed by atoms with Crippen LogP contribution in [0.5, 0.6) is 11.5 Å². The molecule has 1 aromatic carbocycles. The smallest absolute Gasteiger partial charge is 0.183 e. The van der Waals surface area contributed by atoms with Crippen molar-refractivity contribution in [3.63, 3.8) is 0 Å². The third kappa shape index (κ3) is 1.75. The number of rotatable bonds is 3. The molecule has 5 nitrogen and oxygen atoms in total. The van der Waals surface area contributed by atoms with Crippen molar-refractivity contribution in [1.29, 1.82) is 0 Å². The standard InChI is InChI=1S/C8H13N3O2/c1-12-7-4-5(11-10)3-6(9)8(7)13-2/h3-4,11H,9-10H2,1-2H3. The maximum atomic E-state index is 5.68. The number of methoxy groups -OCH3 is 2. The van der Waals surface area contributed by atoms with Gasteiger partial charge in [0.25, 0.3) is 0 Å². The van der Waals surface area contributed by atoms with Gasteiger partial charge in [0.2, 0.25) is 0 Å². The van der Waals surface area contributed by atoms with Gasteiger partial charge >= 0.3 is 0 Å². The van der Waals surface area contributed by atoms with E-state index in [1.165, 1.54) is 14.2 Å². The Labute approximate surface area is 76.6 Å². The average Bonchev–Trinajstić information content (AvgIpc) is 2.16. The number of hydrazine groups is 1. The molecule has 0 saturated heterocycles. The van der Waals surface area contributed by atoms with E-state index in [1.807, 2.05) is 0 Å². The maximum Gasteiger partial charge on any atom is 0.183 e. The highest BCUT2D eigenvalue weighted by molar-refractivity contribution is 5.68. The lowest BCUT2D eigenvalue weighted by Crippen LogP contribution is -2.08. The third-order valence-electron chi connectivity index (χ3n) is 1.67. The minimum atomic E-state index is 0.481. The summed E-state index contributed by atoms with van der Waals surface area (Å²) >= 11 is 0. The van der Waals surface area contributed by atoms with Crippen molar-refractivity contribution in [2.24, 2.45) is 5.84 Å². The van der Waals surface area contributed by atoms with Crippen LogP contribution >= 0.6 is 0 Å². The van der Waals surface area contributed by atoms with Gasteiger partial charge in [-0.3, -0.25) is 5.84 Å². The Balaban J connectivity index is 3.20. The SMILES string of the molecule is COc1cc(NN)cc(N)c1OC. The molecule has 1 rings (SSSR count). The number of ether oxygens (including phenoxy) is 2. The number of hydrogen-bond donors (Lipinski definition) is 3. The molecule has 72 valence electrons. The van der Waals surface area contributed by atoms with Crippen LogP contribution in [-0.4, -0.2) is 14.2 Å². The predicted octanol–water partition coefficient (Wildman–Crippen LogP) is 0.572. The van der Waals surface area contributed by atoms with Crippen LogP contribution in [0, 0.1) is 0 Å². The number of benzene rings is 1. The van der Waals surface area contributed by atoms with Gasteiger partial charge in [0.05, 0.1) is 25.6 Å². The summed E-state index contributed by atoms with van der Waals surface area (Å²) in [5.41, 5.74) is 9.32. The molecule has 0 atom stereocenters. The second-order valence-corrected chi connectivity index (χ2v) is 2.45. The Morgan fingerprint density at radius 1 is 1.23 bits per heavy atom. The van der Waals surface area contributed by atoms with Crippen LogP contribution in [0.2, 0.25) is 0 Å². The first-order chi connectivity index (χ1) is 6.22. The fourth-order valence-corrected chi connectivity index (χ4v) is 1.08. The van der Waals surface area contributed by atoms with Crippen LogP contribution < -0.4 is 26.5 Å². The summed E-state index contributed by atoms with van der Waals surface area (Å²) in [6, 6.07) is 3.37. The molecule has 0 heterocycles. The third-order valence-corrected chi connectivity index (χ3v) is 1.67. The first-order valence-corrected chi connectivity index (χ1v) is 3.71. The summed E-state index contributed by atoms with van der Waals surface area (Å²) in [4.78, 5) is 0. The number of nitrogens with two attached hydrogens (primary N) is 2. The van der Waals surface area contributed by atoms with E-state index >= 15 is 0 Å². The summed E-state index contributed by atoms with van der Waals surface area (Å²) in [5.74, 6) is 6.30. The maximum absolute atomic E-state index is 5.68. The van der Waals surface area contributed by atoms with Gasteiger partial charge in [0, 0.05) is 6.07 Å². The molecule has 5 heteroatoms. The molecule has 0 bridgehead atoms. The Morgan fingerprint density at radius 3 is 2.38 bits per heavy atom. The van der Waals surface area contributed by atoms with Gasteiger partial charge in [-0.15, -0.1) is 0 Å². The Morgan fingerprint density at radius 2 is 1.92 bits per heavy atom. The van der Waals surface area contributed by atoms with Crippen molar-refractivity contribution >= 4 is 11.4 Å². The lowest BCUT2D eigenvalue weighted by molar-refractivity contribution is 0.356. The van der Waals surface area contributed by atoms with E-state index < -0.39 is 0 Å². The summed E-state index contributed by atoms with van der Waals surface area (Å²) in [7, 11) is 3.07. The van der Waals surface area contributed by atoms with Crippen LogP contribution in [-0.2, 0) is 0 Å². The van der Waals surface area contributed by atoms with Gasteiger partial charge in [0.1, 0.15) is 0 Å². The summed E-state index contributed by atoms with van der Waals surface area (Å²) in [6.07, 6.45) is 0. The number of nitrogen functional groups attached to an aromatic ring is 2. The Kier molecular flexibility index (Phi) is 2.81. The quantitative estimate of drug-likeness (QED) is 0.362. The van der Waals surface area contributed by atoms with E-state index in [2.05, 4.69) is 5.43 Å².